The Bertz CT molecular complexity index is 374. The molecule has 0 bridgehead atoms. The summed E-state index contributed by atoms with van der Waals surface area (Å²) in [5.41, 5.74) is 0.407. The largest absolute Gasteiger partial charge is 0.479 e. The van der Waals surface area contributed by atoms with E-state index in [-0.39, 0.29) is 0 Å². The van der Waals surface area contributed by atoms with Crippen LogP contribution in [0.2, 0.25) is 0 Å². The molecule has 1 aromatic rings. The van der Waals surface area contributed by atoms with Crippen LogP contribution in [0.1, 0.15) is 0 Å². The Morgan fingerprint density at radius 2 is 1.60 bits per heavy atom. The summed E-state index contributed by atoms with van der Waals surface area (Å²) in [4.78, 5) is 20.9. The summed E-state index contributed by atoms with van der Waals surface area (Å²) in [5, 5.41) is 23.7. The molecule has 0 saturated carbocycles. The average Bonchev–Trinajstić information content (AvgIpc) is 2.18. The lowest BCUT2D eigenvalue weighted by Gasteiger charge is -1.98. The van der Waals surface area contributed by atoms with Crippen LogP contribution in [0.15, 0.2) is 40.6 Å². The minimum atomic E-state index is -1.86. The number of rotatable bonds is 4. The molecule has 0 aromatic heterocycles. The zero-order valence-electron chi connectivity index (χ0n) is 7.57. The van der Waals surface area contributed by atoms with Gasteiger partial charge in [-0.2, -0.15) is 10.2 Å². The van der Waals surface area contributed by atoms with Gasteiger partial charge in [0.15, 0.2) is 0 Å². The maximum absolute atomic E-state index is 10.4. The SMILES string of the molecule is O=C(O)C(/N=N/c1ccccc1)C(=O)O. The van der Waals surface area contributed by atoms with Crippen molar-refractivity contribution < 1.29 is 19.8 Å². The number of carboxylic acid groups (broad SMARTS) is 2. The average molecular weight is 208 g/mol. The van der Waals surface area contributed by atoms with E-state index in [0.717, 1.165) is 0 Å². The van der Waals surface area contributed by atoms with Crippen LogP contribution in [-0.2, 0) is 9.59 Å². The highest BCUT2D eigenvalue weighted by Crippen LogP contribution is 2.11. The van der Waals surface area contributed by atoms with Crippen LogP contribution in [0.3, 0.4) is 0 Å². The van der Waals surface area contributed by atoms with Crippen molar-refractivity contribution in [3.63, 3.8) is 0 Å². The lowest BCUT2D eigenvalue weighted by atomic mass is 10.3. The summed E-state index contributed by atoms with van der Waals surface area (Å²) < 4.78 is 0. The van der Waals surface area contributed by atoms with E-state index >= 15 is 0 Å². The third-order valence-electron chi connectivity index (χ3n) is 1.51. The first kappa shape index (κ1) is 10.8. The Morgan fingerprint density at radius 1 is 1.07 bits per heavy atom. The third kappa shape index (κ3) is 3.18. The highest BCUT2D eigenvalue weighted by molar-refractivity contribution is 5.97. The van der Waals surface area contributed by atoms with Crippen molar-refractivity contribution in [3.8, 4) is 0 Å². The molecular formula is C9H8N2O4. The van der Waals surface area contributed by atoms with E-state index in [9.17, 15) is 9.59 Å². The van der Waals surface area contributed by atoms with Gasteiger partial charge in [-0.25, -0.2) is 9.59 Å². The van der Waals surface area contributed by atoms with E-state index in [0.29, 0.717) is 5.69 Å². The molecule has 0 amide bonds. The Labute approximate surface area is 84.9 Å². The molecule has 1 rings (SSSR count). The van der Waals surface area contributed by atoms with Gasteiger partial charge in [0.25, 0.3) is 6.04 Å². The van der Waals surface area contributed by atoms with Gasteiger partial charge in [-0.3, -0.25) is 0 Å². The van der Waals surface area contributed by atoms with E-state index in [1.54, 1.807) is 30.3 Å². The second-order valence-corrected chi connectivity index (χ2v) is 2.63. The van der Waals surface area contributed by atoms with Gasteiger partial charge in [0.05, 0.1) is 5.69 Å². The number of carboxylic acids is 2. The van der Waals surface area contributed by atoms with Crippen molar-refractivity contribution in [2.24, 2.45) is 10.2 Å². The minimum absolute atomic E-state index is 0.407. The van der Waals surface area contributed by atoms with Crippen LogP contribution in [0.4, 0.5) is 5.69 Å². The minimum Gasteiger partial charge on any atom is -0.479 e. The van der Waals surface area contributed by atoms with E-state index < -0.39 is 18.0 Å². The molecule has 0 aliphatic carbocycles. The Balaban J connectivity index is 2.79. The summed E-state index contributed by atoms with van der Waals surface area (Å²) in [6.45, 7) is 0. The lowest BCUT2D eigenvalue weighted by Crippen LogP contribution is -2.27. The molecule has 0 heterocycles. The highest BCUT2D eigenvalue weighted by Gasteiger charge is 2.25. The molecular weight excluding hydrogens is 200 g/mol. The third-order valence-corrected chi connectivity index (χ3v) is 1.51. The van der Waals surface area contributed by atoms with Crippen molar-refractivity contribution in [2.45, 2.75) is 6.04 Å². The van der Waals surface area contributed by atoms with Gasteiger partial charge in [-0.15, -0.1) is 0 Å². The molecule has 78 valence electrons. The van der Waals surface area contributed by atoms with Gasteiger partial charge in [0.2, 0.25) is 0 Å². The van der Waals surface area contributed by atoms with Crippen molar-refractivity contribution in [1.82, 2.24) is 0 Å². The fourth-order valence-corrected chi connectivity index (χ4v) is 0.823. The molecule has 0 unspecified atom stereocenters. The zero-order chi connectivity index (χ0) is 11.3. The van der Waals surface area contributed by atoms with Crippen molar-refractivity contribution in [2.75, 3.05) is 0 Å². The molecule has 15 heavy (non-hydrogen) atoms. The summed E-state index contributed by atoms with van der Waals surface area (Å²) in [6, 6.07) is 6.44. The maximum atomic E-state index is 10.4. The number of aliphatic carboxylic acids is 2. The van der Waals surface area contributed by atoms with Crippen molar-refractivity contribution in [3.05, 3.63) is 30.3 Å². The first-order chi connectivity index (χ1) is 7.11. The second-order valence-electron chi connectivity index (χ2n) is 2.63. The van der Waals surface area contributed by atoms with E-state index in [4.69, 9.17) is 10.2 Å². The molecule has 0 atom stereocenters. The summed E-state index contributed by atoms with van der Waals surface area (Å²) in [5.74, 6) is -3.08. The lowest BCUT2D eigenvalue weighted by molar-refractivity contribution is -0.149. The summed E-state index contributed by atoms with van der Waals surface area (Å²) in [7, 11) is 0. The van der Waals surface area contributed by atoms with Crippen molar-refractivity contribution in [1.29, 1.82) is 0 Å². The number of azo groups is 1. The number of benzene rings is 1. The smallest absolute Gasteiger partial charge is 0.342 e. The van der Waals surface area contributed by atoms with Gasteiger partial charge in [-0.1, -0.05) is 18.2 Å². The van der Waals surface area contributed by atoms with Crippen molar-refractivity contribution >= 4 is 17.6 Å². The van der Waals surface area contributed by atoms with Gasteiger partial charge in [-0.05, 0) is 12.1 Å². The Hall–Kier alpha value is -2.24. The summed E-state index contributed by atoms with van der Waals surface area (Å²) in [6.07, 6.45) is 0. The number of hydrogen-bond acceptors (Lipinski definition) is 4. The van der Waals surface area contributed by atoms with Crippen LogP contribution in [0, 0.1) is 0 Å². The molecule has 1 aromatic carbocycles. The molecule has 6 nitrogen and oxygen atoms in total. The zero-order valence-corrected chi connectivity index (χ0v) is 7.57. The molecule has 0 fully saturated rings. The maximum Gasteiger partial charge on any atom is 0.342 e. The second kappa shape index (κ2) is 4.85. The highest BCUT2D eigenvalue weighted by atomic mass is 16.4. The van der Waals surface area contributed by atoms with Gasteiger partial charge >= 0.3 is 11.9 Å². The van der Waals surface area contributed by atoms with E-state index in [1.165, 1.54) is 0 Å². The van der Waals surface area contributed by atoms with Crippen LogP contribution >= 0.6 is 0 Å². The van der Waals surface area contributed by atoms with Gasteiger partial charge in [0, 0.05) is 0 Å². The topological polar surface area (TPSA) is 99.3 Å². The number of nitrogens with zero attached hydrogens (tertiary/aromatic N) is 2. The van der Waals surface area contributed by atoms with E-state index in [2.05, 4.69) is 10.2 Å². The standard InChI is InChI=1S/C9H8N2O4/c12-8(13)7(9(14)15)11-10-6-4-2-1-3-5-6/h1-5,7H,(H,12,13)(H,14,15)/b11-10+. The summed E-state index contributed by atoms with van der Waals surface area (Å²) >= 11 is 0. The fourth-order valence-electron chi connectivity index (χ4n) is 0.823. The van der Waals surface area contributed by atoms with Crippen LogP contribution in [0.5, 0.6) is 0 Å². The number of hydrogen-bond donors (Lipinski definition) is 2. The predicted octanol–water partition coefficient (Wildman–Crippen LogP) is 1.31. The molecule has 0 radical (unpaired) electrons. The predicted molar refractivity (Wildman–Crippen MR) is 50.0 cm³/mol. The molecule has 0 spiro atoms. The van der Waals surface area contributed by atoms with Crippen LogP contribution in [-0.4, -0.2) is 28.2 Å². The molecule has 2 N–H and O–H groups in total. The first-order valence-corrected chi connectivity index (χ1v) is 4.03. The monoisotopic (exact) mass is 208 g/mol. The molecule has 0 saturated heterocycles. The van der Waals surface area contributed by atoms with Crippen LogP contribution < -0.4 is 0 Å². The Morgan fingerprint density at radius 3 is 2.07 bits per heavy atom. The molecule has 0 aliphatic heterocycles. The van der Waals surface area contributed by atoms with Gasteiger partial charge < -0.3 is 10.2 Å². The number of carbonyl (C=O) groups is 2. The Kier molecular flexibility index (Phi) is 3.50. The molecule has 6 heteroatoms. The molecule has 0 aliphatic rings. The quantitative estimate of drug-likeness (QED) is 0.575. The first-order valence-electron chi connectivity index (χ1n) is 4.03. The fraction of sp³-hybridized carbons (Fsp3) is 0.111. The normalized spacial score (nSPS) is 10.7. The van der Waals surface area contributed by atoms with Crippen LogP contribution in [0.25, 0.3) is 0 Å². The van der Waals surface area contributed by atoms with E-state index in [1.807, 2.05) is 0 Å². The van der Waals surface area contributed by atoms with Gasteiger partial charge in [0.1, 0.15) is 0 Å².